The van der Waals surface area contributed by atoms with Crippen molar-refractivity contribution in [3.8, 4) is 0 Å². The highest BCUT2D eigenvalue weighted by Crippen LogP contribution is 2.28. The Bertz CT molecular complexity index is 979. The van der Waals surface area contributed by atoms with Gasteiger partial charge in [0.2, 0.25) is 0 Å². The average molecular weight is 527 g/mol. The minimum atomic E-state index is -4.63. The molecule has 0 aliphatic carbocycles. The Balaban J connectivity index is 6.26. The van der Waals surface area contributed by atoms with Crippen molar-refractivity contribution in [3.05, 3.63) is 96.2 Å². The van der Waals surface area contributed by atoms with Crippen molar-refractivity contribution in [3.63, 3.8) is 0 Å². The van der Waals surface area contributed by atoms with Gasteiger partial charge in [-0.25, -0.2) is 13.8 Å². The number of rotatable bonds is 15. The molecule has 0 aliphatic heterocycles. The predicted molar refractivity (Wildman–Crippen MR) is 145 cm³/mol. The minimum absolute atomic E-state index is 0.139. The van der Waals surface area contributed by atoms with E-state index in [4.69, 9.17) is 0 Å². The van der Waals surface area contributed by atoms with Crippen molar-refractivity contribution >= 4 is 6.21 Å². The summed E-state index contributed by atoms with van der Waals surface area (Å²) in [6, 6.07) is 0. The topological polar surface area (TPSA) is 30.9 Å². The predicted octanol–water partition coefficient (Wildman–Crippen LogP) is 7.73. The molecule has 37 heavy (non-hydrogen) atoms. The van der Waals surface area contributed by atoms with Crippen molar-refractivity contribution in [1.82, 2.24) is 15.3 Å². The van der Waals surface area contributed by atoms with Gasteiger partial charge in [-0.3, -0.25) is 4.99 Å². The first-order valence-corrected chi connectivity index (χ1v) is 11.6. The zero-order valence-corrected chi connectivity index (χ0v) is 22.6. The molecule has 0 saturated carbocycles. The zero-order valence-electron chi connectivity index (χ0n) is 22.6. The van der Waals surface area contributed by atoms with Gasteiger partial charge in [-0.05, 0) is 50.8 Å². The summed E-state index contributed by atoms with van der Waals surface area (Å²) < 4.78 is 66.2. The molecule has 0 aliphatic rings. The Kier molecular flexibility index (Phi) is 14.4. The van der Waals surface area contributed by atoms with Crippen LogP contribution < -0.4 is 5.32 Å². The van der Waals surface area contributed by atoms with Crippen LogP contribution in [0.3, 0.4) is 0 Å². The molecule has 1 unspecified atom stereocenters. The van der Waals surface area contributed by atoms with Crippen LogP contribution in [0, 0.1) is 5.92 Å². The fourth-order valence-electron chi connectivity index (χ4n) is 2.94. The third kappa shape index (κ3) is 11.6. The van der Waals surface area contributed by atoms with Gasteiger partial charge in [0.25, 0.3) is 6.43 Å². The Morgan fingerprint density at radius 2 is 1.68 bits per heavy atom. The Hall–Kier alpha value is -3.20. The molecule has 1 N–H and O–H groups in total. The van der Waals surface area contributed by atoms with Crippen LogP contribution in [0.1, 0.15) is 34.1 Å². The maximum Gasteiger partial charge on any atom is 0.433 e. The first-order valence-electron chi connectivity index (χ1n) is 11.6. The van der Waals surface area contributed by atoms with E-state index in [1.54, 1.807) is 6.92 Å². The smallest absolute Gasteiger partial charge is 0.356 e. The fourth-order valence-corrected chi connectivity index (χ4v) is 2.94. The molecule has 0 spiro atoms. The quantitative estimate of drug-likeness (QED) is 0.0779. The second-order valence-electron chi connectivity index (χ2n) is 8.47. The van der Waals surface area contributed by atoms with E-state index in [0.29, 0.717) is 34.8 Å². The monoisotopic (exact) mass is 526 g/mol. The molecule has 0 aromatic rings. The number of halogens is 5. The van der Waals surface area contributed by atoms with Crippen LogP contribution in [0.5, 0.6) is 0 Å². The van der Waals surface area contributed by atoms with E-state index in [-0.39, 0.29) is 17.9 Å². The molecule has 0 fully saturated rings. The number of hydrogen-bond acceptors (Lipinski definition) is 4. The zero-order chi connectivity index (χ0) is 28.9. The summed E-state index contributed by atoms with van der Waals surface area (Å²) in [6.45, 7) is 23.0. The molecular weight excluding hydrogens is 487 g/mol. The largest absolute Gasteiger partial charge is 0.433 e. The molecule has 206 valence electrons. The van der Waals surface area contributed by atoms with E-state index in [9.17, 15) is 22.0 Å². The standard InChI is InChI=1S/C28H39F5N4/c1-11-19(4)18-37(36(9)10)23(8)21(6)22(7)35-25(16-15-24(12-2)27(29)30)20(5)14-17-26(34-13-3)28(31,32)33/h11-13,15-17,19,27,35H,1,6-8,14,18H2,2-5,9-10H3/b16-15-,24-12+,25-20-,26-17-,34-13?. The van der Waals surface area contributed by atoms with Crippen LogP contribution in [0.2, 0.25) is 0 Å². The summed E-state index contributed by atoms with van der Waals surface area (Å²) in [5.74, 6) is 0.141. The highest BCUT2D eigenvalue weighted by molar-refractivity contribution is 5.55. The summed E-state index contributed by atoms with van der Waals surface area (Å²) >= 11 is 0. The highest BCUT2D eigenvalue weighted by atomic mass is 19.4. The first-order chi connectivity index (χ1) is 17.1. The van der Waals surface area contributed by atoms with Crippen molar-refractivity contribution in [1.29, 1.82) is 0 Å². The van der Waals surface area contributed by atoms with Gasteiger partial charge in [-0.1, -0.05) is 44.9 Å². The van der Waals surface area contributed by atoms with Gasteiger partial charge in [0.15, 0.2) is 0 Å². The second-order valence-corrected chi connectivity index (χ2v) is 8.47. The van der Waals surface area contributed by atoms with Gasteiger partial charge < -0.3 is 10.3 Å². The Labute approximate surface area is 218 Å². The molecule has 0 rings (SSSR count). The molecule has 0 radical (unpaired) electrons. The van der Waals surface area contributed by atoms with Crippen LogP contribution in [0.25, 0.3) is 0 Å². The Morgan fingerprint density at radius 1 is 1.08 bits per heavy atom. The number of nitrogens with one attached hydrogen (secondary N) is 1. The number of alkyl halides is 5. The van der Waals surface area contributed by atoms with Crippen molar-refractivity contribution in [2.24, 2.45) is 10.9 Å². The summed E-state index contributed by atoms with van der Waals surface area (Å²) in [5, 5.41) is 6.74. The summed E-state index contributed by atoms with van der Waals surface area (Å²) in [6.07, 6.45) is 0.173. The molecule has 0 bridgehead atoms. The van der Waals surface area contributed by atoms with E-state index in [2.05, 4.69) is 36.6 Å². The first kappa shape index (κ1) is 33.8. The summed E-state index contributed by atoms with van der Waals surface area (Å²) in [4.78, 5) is 3.40. The molecule has 0 saturated heterocycles. The van der Waals surface area contributed by atoms with Gasteiger partial charge in [-0.2, -0.15) is 13.2 Å². The van der Waals surface area contributed by atoms with Crippen LogP contribution in [0.15, 0.2) is 101 Å². The lowest BCUT2D eigenvalue weighted by atomic mass is 10.1. The molecule has 1 atom stereocenters. The number of hydrazine groups is 1. The van der Waals surface area contributed by atoms with Gasteiger partial charge >= 0.3 is 6.18 Å². The number of hydrogen-bond donors (Lipinski definition) is 1. The molecule has 0 aromatic heterocycles. The molecule has 9 heteroatoms. The van der Waals surface area contributed by atoms with Gasteiger partial charge in [0, 0.05) is 49.4 Å². The van der Waals surface area contributed by atoms with E-state index in [0.717, 1.165) is 12.3 Å². The number of allylic oxidation sites excluding steroid dienone is 7. The lowest BCUT2D eigenvalue weighted by Gasteiger charge is -2.35. The van der Waals surface area contributed by atoms with Crippen LogP contribution in [-0.2, 0) is 0 Å². The maximum atomic E-state index is 13.2. The highest BCUT2D eigenvalue weighted by Gasteiger charge is 2.33. The average Bonchev–Trinajstić information content (AvgIpc) is 2.81. The summed E-state index contributed by atoms with van der Waals surface area (Å²) in [7, 11) is 3.68. The summed E-state index contributed by atoms with van der Waals surface area (Å²) in [5.41, 5.74) is 0.745. The van der Waals surface area contributed by atoms with Crippen LogP contribution in [-0.4, -0.2) is 49.5 Å². The normalized spacial score (nSPS) is 14.8. The van der Waals surface area contributed by atoms with E-state index in [1.807, 2.05) is 37.1 Å². The van der Waals surface area contributed by atoms with Crippen LogP contribution >= 0.6 is 0 Å². The number of nitrogens with zero attached hydrogens (tertiary/aromatic N) is 3. The SMILES string of the molecule is C=CC(C)CN(C(=C)C(=C)C(=C)NC(/C=C\C(=C/C)C(F)F)=C(/C)C/C=C(\N=CC)C(F)(F)F)N(C)C. The van der Waals surface area contributed by atoms with Gasteiger partial charge in [0.05, 0.1) is 5.70 Å². The molecule has 0 amide bonds. The van der Waals surface area contributed by atoms with E-state index >= 15 is 0 Å². The van der Waals surface area contributed by atoms with E-state index in [1.165, 1.54) is 32.1 Å². The van der Waals surface area contributed by atoms with Crippen molar-refractivity contribution < 1.29 is 22.0 Å². The second kappa shape index (κ2) is 15.8. The molecule has 4 nitrogen and oxygen atoms in total. The van der Waals surface area contributed by atoms with Crippen LogP contribution in [0.4, 0.5) is 22.0 Å². The molecule has 0 aromatic carbocycles. The van der Waals surface area contributed by atoms with Crippen molar-refractivity contribution in [2.75, 3.05) is 20.6 Å². The minimum Gasteiger partial charge on any atom is -0.356 e. The third-order valence-electron chi connectivity index (χ3n) is 5.30. The molecule has 0 heterocycles. The van der Waals surface area contributed by atoms with Gasteiger partial charge in [0.1, 0.15) is 5.70 Å². The maximum absolute atomic E-state index is 13.2. The van der Waals surface area contributed by atoms with Gasteiger partial charge in [-0.15, -0.1) is 6.58 Å². The van der Waals surface area contributed by atoms with E-state index < -0.39 is 18.3 Å². The fraction of sp³-hybridized carbons (Fsp3) is 0.393. The molecular formula is C28H39F5N4. The lowest BCUT2D eigenvalue weighted by Crippen LogP contribution is -2.39. The third-order valence-corrected chi connectivity index (χ3v) is 5.30. The number of aliphatic imine (C=N–C) groups is 1. The van der Waals surface area contributed by atoms with Crippen molar-refractivity contribution in [2.45, 2.75) is 46.7 Å². The lowest BCUT2D eigenvalue weighted by molar-refractivity contribution is -0.0924. The Morgan fingerprint density at radius 3 is 2.11 bits per heavy atom.